The summed E-state index contributed by atoms with van der Waals surface area (Å²) in [4.78, 5) is 13.5. The van der Waals surface area contributed by atoms with Crippen molar-refractivity contribution in [1.82, 2.24) is 15.6 Å². The van der Waals surface area contributed by atoms with Crippen LogP contribution in [0.5, 0.6) is 0 Å². The van der Waals surface area contributed by atoms with Gasteiger partial charge in [0.15, 0.2) is 5.11 Å². The molecule has 0 amide bonds. The lowest BCUT2D eigenvalue weighted by atomic mass is 10.4. The first-order valence-electron chi connectivity index (χ1n) is 4.29. The average molecular weight is 231 g/mol. The highest BCUT2D eigenvalue weighted by molar-refractivity contribution is 7.80. The first-order valence-corrected chi connectivity index (χ1v) is 5.58. The Balaban J connectivity index is 2.34. The molecule has 14 heavy (non-hydrogen) atoms. The molecule has 0 saturated heterocycles. The summed E-state index contributed by atoms with van der Waals surface area (Å²) in [5.41, 5.74) is 0.855. The Morgan fingerprint density at radius 2 is 2.43 bits per heavy atom. The maximum absolute atomic E-state index is 10.8. The third kappa shape index (κ3) is 3.89. The summed E-state index contributed by atoms with van der Waals surface area (Å²) >= 11 is 6.18. The van der Waals surface area contributed by atoms with Gasteiger partial charge in [-0.2, -0.15) is 0 Å². The van der Waals surface area contributed by atoms with E-state index in [0.29, 0.717) is 17.7 Å². The van der Waals surface area contributed by atoms with Crippen LogP contribution < -0.4 is 15.5 Å². The molecule has 0 bridgehead atoms. The lowest BCUT2D eigenvalue weighted by Gasteiger charge is -2.11. The van der Waals surface area contributed by atoms with E-state index in [1.807, 2.05) is 13.8 Å². The fraction of sp³-hybridized carbons (Fsp3) is 0.500. The van der Waals surface area contributed by atoms with Crippen LogP contribution >= 0.6 is 23.6 Å². The second kappa shape index (κ2) is 5.11. The first-order chi connectivity index (χ1) is 6.58. The number of aromatic nitrogens is 1. The van der Waals surface area contributed by atoms with Gasteiger partial charge in [0.05, 0.1) is 6.54 Å². The van der Waals surface area contributed by atoms with Crippen molar-refractivity contribution in [2.75, 3.05) is 0 Å². The van der Waals surface area contributed by atoms with Crippen molar-refractivity contribution < 1.29 is 0 Å². The Morgan fingerprint density at radius 1 is 1.71 bits per heavy atom. The molecule has 0 aliphatic carbocycles. The first kappa shape index (κ1) is 11.2. The van der Waals surface area contributed by atoms with Crippen LogP contribution in [0.2, 0.25) is 0 Å². The number of aromatic amines is 1. The zero-order valence-electron chi connectivity index (χ0n) is 8.09. The van der Waals surface area contributed by atoms with E-state index in [1.54, 1.807) is 5.38 Å². The van der Waals surface area contributed by atoms with E-state index in [4.69, 9.17) is 12.2 Å². The summed E-state index contributed by atoms with van der Waals surface area (Å²) in [6.45, 7) is 4.58. The van der Waals surface area contributed by atoms with Crippen LogP contribution in [0.3, 0.4) is 0 Å². The molecule has 0 radical (unpaired) electrons. The van der Waals surface area contributed by atoms with E-state index < -0.39 is 0 Å². The summed E-state index contributed by atoms with van der Waals surface area (Å²) in [7, 11) is 0. The van der Waals surface area contributed by atoms with E-state index in [-0.39, 0.29) is 4.87 Å². The Hall–Kier alpha value is -0.880. The number of rotatable bonds is 3. The summed E-state index contributed by atoms with van der Waals surface area (Å²) in [5.74, 6) is 0. The predicted molar refractivity (Wildman–Crippen MR) is 62.6 cm³/mol. The van der Waals surface area contributed by atoms with Crippen molar-refractivity contribution in [1.29, 1.82) is 0 Å². The molecule has 1 aromatic heterocycles. The molecular formula is C8H13N3OS2. The van der Waals surface area contributed by atoms with E-state index in [1.165, 1.54) is 0 Å². The third-order valence-electron chi connectivity index (χ3n) is 1.43. The summed E-state index contributed by atoms with van der Waals surface area (Å²) < 4.78 is 0. The largest absolute Gasteiger partial charge is 0.361 e. The molecule has 1 rings (SSSR count). The second-order valence-electron chi connectivity index (χ2n) is 3.16. The molecular weight excluding hydrogens is 218 g/mol. The van der Waals surface area contributed by atoms with Crippen molar-refractivity contribution >= 4 is 28.7 Å². The lowest BCUT2D eigenvalue weighted by molar-refractivity contribution is 0.710. The zero-order chi connectivity index (χ0) is 10.6. The quantitative estimate of drug-likeness (QED) is 0.674. The van der Waals surface area contributed by atoms with Crippen LogP contribution in [0, 0.1) is 0 Å². The SMILES string of the molecule is CC(C)NC(=S)NCc1csc(=O)[nH]1. The fourth-order valence-corrected chi connectivity index (χ4v) is 1.78. The molecule has 0 atom stereocenters. The monoisotopic (exact) mass is 231 g/mol. The van der Waals surface area contributed by atoms with Gasteiger partial charge in [0, 0.05) is 17.1 Å². The van der Waals surface area contributed by atoms with Gasteiger partial charge in [-0.1, -0.05) is 11.3 Å². The van der Waals surface area contributed by atoms with Gasteiger partial charge in [-0.25, -0.2) is 0 Å². The van der Waals surface area contributed by atoms with Gasteiger partial charge < -0.3 is 15.6 Å². The standard InChI is InChI=1S/C8H13N3OS2/c1-5(2)10-7(13)9-3-6-4-14-8(12)11-6/h4-5H,3H2,1-2H3,(H,11,12)(H2,9,10,13). The average Bonchev–Trinajstić information content (AvgIpc) is 2.47. The number of hydrogen-bond donors (Lipinski definition) is 3. The van der Waals surface area contributed by atoms with Gasteiger partial charge in [0.2, 0.25) is 0 Å². The van der Waals surface area contributed by atoms with Crippen LogP contribution in [0.1, 0.15) is 19.5 Å². The Bertz CT molecular complexity index is 355. The fourth-order valence-electron chi connectivity index (χ4n) is 0.889. The van der Waals surface area contributed by atoms with E-state index in [2.05, 4.69) is 15.6 Å². The van der Waals surface area contributed by atoms with Crippen LogP contribution in [-0.2, 0) is 6.54 Å². The zero-order valence-corrected chi connectivity index (χ0v) is 9.72. The minimum atomic E-state index is -0.0375. The highest BCUT2D eigenvalue weighted by Gasteiger charge is 1.99. The van der Waals surface area contributed by atoms with E-state index >= 15 is 0 Å². The number of hydrogen-bond acceptors (Lipinski definition) is 3. The van der Waals surface area contributed by atoms with Crippen molar-refractivity contribution in [3.63, 3.8) is 0 Å². The smallest absolute Gasteiger partial charge is 0.304 e. The number of nitrogens with one attached hydrogen (secondary N) is 3. The molecule has 0 aliphatic heterocycles. The minimum Gasteiger partial charge on any atom is -0.361 e. The molecule has 0 saturated carbocycles. The summed E-state index contributed by atoms with van der Waals surface area (Å²) in [5, 5.41) is 8.44. The van der Waals surface area contributed by atoms with Gasteiger partial charge >= 0.3 is 4.87 Å². The van der Waals surface area contributed by atoms with Crippen molar-refractivity contribution in [2.24, 2.45) is 0 Å². The molecule has 78 valence electrons. The number of thiocarbonyl (C=S) groups is 1. The normalized spacial score (nSPS) is 10.2. The molecule has 1 aromatic rings. The van der Waals surface area contributed by atoms with E-state index in [0.717, 1.165) is 17.0 Å². The summed E-state index contributed by atoms with van der Waals surface area (Å²) in [6, 6.07) is 0.316. The molecule has 0 spiro atoms. The Kier molecular flexibility index (Phi) is 4.09. The highest BCUT2D eigenvalue weighted by Crippen LogP contribution is 1.94. The maximum atomic E-state index is 10.8. The Labute approximate surface area is 91.7 Å². The third-order valence-corrected chi connectivity index (χ3v) is 2.41. The molecule has 0 aromatic carbocycles. The predicted octanol–water partition coefficient (Wildman–Crippen LogP) is 0.809. The molecule has 3 N–H and O–H groups in total. The highest BCUT2D eigenvalue weighted by atomic mass is 32.1. The molecule has 0 aliphatic rings. The number of thiazole rings is 1. The van der Waals surface area contributed by atoms with Crippen molar-refractivity contribution in [2.45, 2.75) is 26.4 Å². The van der Waals surface area contributed by atoms with Crippen LogP contribution in [0.4, 0.5) is 0 Å². The van der Waals surface area contributed by atoms with E-state index in [9.17, 15) is 4.79 Å². The Morgan fingerprint density at radius 3 is 2.93 bits per heavy atom. The molecule has 1 heterocycles. The van der Waals surface area contributed by atoms with Gasteiger partial charge in [-0.3, -0.25) is 4.79 Å². The molecule has 0 unspecified atom stereocenters. The summed E-state index contributed by atoms with van der Waals surface area (Å²) in [6.07, 6.45) is 0. The second-order valence-corrected chi connectivity index (χ2v) is 4.41. The molecule has 0 fully saturated rings. The van der Waals surface area contributed by atoms with Gasteiger partial charge in [0.25, 0.3) is 0 Å². The van der Waals surface area contributed by atoms with Crippen LogP contribution in [0.25, 0.3) is 0 Å². The van der Waals surface area contributed by atoms with Crippen molar-refractivity contribution in [3.8, 4) is 0 Å². The molecule has 4 nitrogen and oxygen atoms in total. The van der Waals surface area contributed by atoms with Gasteiger partial charge in [-0.15, -0.1) is 0 Å². The minimum absolute atomic E-state index is 0.0375. The van der Waals surface area contributed by atoms with Crippen molar-refractivity contribution in [3.05, 3.63) is 20.7 Å². The van der Waals surface area contributed by atoms with Gasteiger partial charge in [-0.05, 0) is 26.1 Å². The van der Waals surface area contributed by atoms with Gasteiger partial charge in [0.1, 0.15) is 0 Å². The topological polar surface area (TPSA) is 56.9 Å². The maximum Gasteiger partial charge on any atom is 0.304 e. The lowest BCUT2D eigenvalue weighted by Crippen LogP contribution is -2.38. The number of H-pyrrole nitrogens is 1. The van der Waals surface area contributed by atoms with Crippen LogP contribution in [0.15, 0.2) is 10.2 Å². The molecule has 6 heteroatoms. The van der Waals surface area contributed by atoms with Crippen LogP contribution in [-0.4, -0.2) is 16.1 Å².